The zero-order chi connectivity index (χ0) is 13.1. The van der Waals surface area contributed by atoms with Gasteiger partial charge in [0.25, 0.3) is 5.91 Å². The minimum atomic E-state index is -1.05. The maximum atomic E-state index is 11.8. The number of nitrogens with one attached hydrogen (secondary N) is 1. The second-order valence-electron chi connectivity index (χ2n) is 4.19. The van der Waals surface area contributed by atoms with Crippen molar-refractivity contribution in [3.8, 4) is 0 Å². The van der Waals surface area contributed by atoms with Gasteiger partial charge in [0.15, 0.2) is 0 Å². The van der Waals surface area contributed by atoms with Crippen molar-refractivity contribution < 1.29 is 15.0 Å². The SMILES string of the molecule is CC(N)c1nc(C(=O)NC(C)(CO)CO)cs1. The third-order valence-electron chi connectivity index (χ3n) is 2.26. The molecule has 0 aromatic carbocycles. The minimum absolute atomic E-state index is 0.219. The number of aromatic nitrogens is 1. The zero-order valence-corrected chi connectivity index (χ0v) is 10.6. The molecule has 0 aliphatic rings. The minimum Gasteiger partial charge on any atom is -0.394 e. The molecule has 0 aliphatic carbocycles. The van der Waals surface area contributed by atoms with Crippen LogP contribution in [-0.4, -0.2) is 39.9 Å². The van der Waals surface area contributed by atoms with E-state index in [1.54, 1.807) is 19.2 Å². The second kappa shape index (κ2) is 5.54. The van der Waals surface area contributed by atoms with Crippen LogP contribution in [0, 0.1) is 0 Å². The van der Waals surface area contributed by atoms with E-state index < -0.39 is 11.4 Å². The van der Waals surface area contributed by atoms with Gasteiger partial charge in [-0.2, -0.15) is 0 Å². The number of aliphatic hydroxyl groups excluding tert-OH is 2. The number of aliphatic hydroxyl groups is 2. The number of hydrogen-bond donors (Lipinski definition) is 4. The third-order valence-corrected chi connectivity index (χ3v) is 3.30. The monoisotopic (exact) mass is 259 g/mol. The van der Waals surface area contributed by atoms with E-state index >= 15 is 0 Å². The summed E-state index contributed by atoms with van der Waals surface area (Å²) in [6.45, 7) is 2.63. The van der Waals surface area contributed by atoms with Gasteiger partial charge in [0.05, 0.1) is 24.8 Å². The van der Waals surface area contributed by atoms with E-state index in [4.69, 9.17) is 15.9 Å². The molecule has 0 aliphatic heterocycles. The van der Waals surface area contributed by atoms with Crippen molar-refractivity contribution in [2.24, 2.45) is 5.73 Å². The van der Waals surface area contributed by atoms with Crippen LogP contribution in [0.4, 0.5) is 0 Å². The molecule has 1 unspecified atom stereocenters. The number of thiazole rings is 1. The summed E-state index contributed by atoms with van der Waals surface area (Å²) in [5, 5.41) is 22.9. The Labute approximate surface area is 103 Å². The lowest BCUT2D eigenvalue weighted by atomic mass is 10.1. The van der Waals surface area contributed by atoms with Crippen LogP contribution in [0.1, 0.15) is 35.4 Å². The predicted octanol–water partition coefficient (Wildman–Crippen LogP) is -0.364. The molecule has 7 heteroatoms. The van der Waals surface area contributed by atoms with Crippen LogP contribution < -0.4 is 11.1 Å². The quantitative estimate of drug-likeness (QED) is 0.577. The first-order valence-corrected chi connectivity index (χ1v) is 6.05. The van der Waals surface area contributed by atoms with Crippen molar-refractivity contribution in [2.75, 3.05) is 13.2 Å². The van der Waals surface area contributed by atoms with E-state index in [-0.39, 0.29) is 24.9 Å². The van der Waals surface area contributed by atoms with Gasteiger partial charge in [-0.15, -0.1) is 11.3 Å². The lowest BCUT2D eigenvalue weighted by Crippen LogP contribution is -2.51. The standard InChI is InChI=1S/C10H17N3O3S/c1-6(11)9-12-7(3-17-9)8(16)13-10(2,4-14)5-15/h3,6,14-15H,4-5,11H2,1-2H3,(H,13,16). The lowest BCUT2D eigenvalue weighted by Gasteiger charge is -2.25. The molecular formula is C10H17N3O3S. The van der Waals surface area contributed by atoms with Crippen LogP contribution in [-0.2, 0) is 0 Å². The molecule has 0 radical (unpaired) electrons. The summed E-state index contributed by atoms with van der Waals surface area (Å²) < 4.78 is 0. The molecule has 0 saturated carbocycles. The Morgan fingerprint density at radius 2 is 2.24 bits per heavy atom. The van der Waals surface area contributed by atoms with Crippen LogP contribution in [0.5, 0.6) is 0 Å². The highest BCUT2D eigenvalue weighted by molar-refractivity contribution is 7.09. The van der Waals surface area contributed by atoms with Crippen molar-refractivity contribution >= 4 is 17.2 Å². The fourth-order valence-corrected chi connectivity index (χ4v) is 1.83. The first kappa shape index (κ1) is 14.0. The Morgan fingerprint density at radius 3 is 2.65 bits per heavy atom. The summed E-state index contributed by atoms with van der Waals surface area (Å²) in [6.07, 6.45) is 0. The number of carbonyl (C=O) groups is 1. The van der Waals surface area contributed by atoms with Gasteiger partial charge in [0.2, 0.25) is 0 Å². The maximum Gasteiger partial charge on any atom is 0.271 e. The predicted molar refractivity (Wildman–Crippen MR) is 64.8 cm³/mol. The largest absolute Gasteiger partial charge is 0.394 e. The first-order chi connectivity index (χ1) is 7.91. The molecule has 1 amide bonds. The Bertz CT molecular complexity index is 388. The van der Waals surface area contributed by atoms with E-state index in [9.17, 15) is 4.79 Å². The van der Waals surface area contributed by atoms with Gasteiger partial charge in [-0.05, 0) is 13.8 Å². The Hall–Kier alpha value is -1.02. The normalized spacial score (nSPS) is 13.5. The lowest BCUT2D eigenvalue weighted by molar-refractivity contribution is 0.0720. The first-order valence-electron chi connectivity index (χ1n) is 5.17. The summed E-state index contributed by atoms with van der Waals surface area (Å²) in [5.41, 5.74) is 4.84. The number of rotatable bonds is 5. The Balaban J connectivity index is 2.76. The number of amides is 1. The molecule has 17 heavy (non-hydrogen) atoms. The fourth-order valence-electron chi connectivity index (χ4n) is 1.07. The van der Waals surface area contributed by atoms with Gasteiger partial charge in [0, 0.05) is 5.38 Å². The number of nitrogens with two attached hydrogens (primary N) is 1. The molecule has 1 aromatic heterocycles. The highest BCUT2D eigenvalue weighted by Crippen LogP contribution is 2.16. The topological polar surface area (TPSA) is 108 Å². The highest BCUT2D eigenvalue weighted by Gasteiger charge is 2.26. The molecule has 0 fully saturated rings. The molecule has 5 N–H and O–H groups in total. The van der Waals surface area contributed by atoms with E-state index in [0.717, 1.165) is 0 Å². The molecule has 0 saturated heterocycles. The number of hydrogen-bond acceptors (Lipinski definition) is 6. The Kier molecular flexibility index (Phi) is 4.58. The number of nitrogens with zero attached hydrogens (tertiary/aromatic N) is 1. The summed E-state index contributed by atoms with van der Waals surface area (Å²) in [4.78, 5) is 15.9. The van der Waals surface area contributed by atoms with Gasteiger partial charge in [-0.1, -0.05) is 0 Å². The molecule has 0 bridgehead atoms. The van der Waals surface area contributed by atoms with Crippen LogP contribution in [0.3, 0.4) is 0 Å². The van der Waals surface area contributed by atoms with Gasteiger partial charge >= 0.3 is 0 Å². The molecule has 1 atom stereocenters. The molecule has 6 nitrogen and oxygen atoms in total. The summed E-state index contributed by atoms with van der Waals surface area (Å²) >= 11 is 1.31. The van der Waals surface area contributed by atoms with E-state index in [0.29, 0.717) is 5.01 Å². The highest BCUT2D eigenvalue weighted by atomic mass is 32.1. The van der Waals surface area contributed by atoms with Crippen LogP contribution >= 0.6 is 11.3 Å². The van der Waals surface area contributed by atoms with E-state index in [2.05, 4.69) is 10.3 Å². The fraction of sp³-hybridized carbons (Fsp3) is 0.600. The molecule has 96 valence electrons. The second-order valence-corrected chi connectivity index (χ2v) is 5.08. The van der Waals surface area contributed by atoms with Crippen molar-refractivity contribution in [2.45, 2.75) is 25.4 Å². The van der Waals surface area contributed by atoms with Crippen LogP contribution in [0.15, 0.2) is 5.38 Å². The smallest absolute Gasteiger partial charge is 0.271 e. The molecule has 1 aromatic rings. The summed E-state index contributed by atoms with van der Waals surface area (Å²) in [7, 11) is 0. The average molecular weight is 259 g/mol. The average Bonchev–Trinajstić information content (AvgIpc) is 2.78. The van der Waals surface area contributed by atoms with Crippen molar-refractivity contribution in [1.29, 1.82) is 0 Å². The summed E-state index contributed by atoms with van der Waals surface area (Å²) in [6, 6.07) is -0.219. The van der Waals surface area contributed by atoms with E-state index in [1.807, 2.05) is 0 Å². The molecule has 1 rings (SSSR count). The summed E-state index contributed by atoms with van der Waals surface area (Å²) in [5.74, 6) is -0.432. The van der Waals surface area contributed by atoms with Gasteiger partial charge in [-0.3, -0.25) is 4.79 Å². The van der Waals surface area contributed by atoms with Crippen molar-refractivity contribution in [1.82, 2.24) is 10.3 Å². The van der Waals surface area contributed by atoms with Gasteiger partial charge in [0.1, 0.15) is 10.7 Å². The Morgan fingerprint density at radius 1 is 1.65 bits per heavy atom. The van der Waals surface area contributed by atoms with Crippen LogP contribution in [0.25, 0.3) is 0 Å². The van der Waals surface area contributed by atoms with E-state index in [1.165, 1.54) is 11.3 Å². The van der Waals surface area contributed by atoms with Crippen LogP contribution in [0.2, 0.25) is 0 Å². The van der Waals surface area contributed by atoms with Gasteiger partial charge < -0.3 is 21.3 Å². The van der Waals surface area contributed by atoms with Gasteiger partial charge in [-0.25, -0.2) is 4.98 Å². The molecule has 0 spiro atoms. The van der Waals surface area contributed by atoms with Crippen molar-refractivity contribution in [3.05, 3.63) is 16.1 Å². The molecular weight excluding hydrogens is 242 g/mol. The molecule has 1 heterocycles. The number of carbonyl (C=O) groups excluding carboxylic acids is 1. The zero-order valence-electron chi connectivity index (χ0n) is 9.80. The van der Waals surface area contributed by atoms with Crippen molar-refractivity contribution in [3.63, 3.8) is 0 Å². The maximum absolute atomic E-state index is 11.8. The third kappa shape index (κ3) is 3.47.